The minimum atomic E-state index is -0.270. The smallest absolute Gasteiger partial charge is 0.119 e. The number of aryl methyl sites for hydroxylation is 1. The van der Waals surface area contributed by atoms with Crippen LogP contribution in [0.2, 0.25) is 0 Å². The molecule has 0 bridgehead atoms. The standard InChI is InChI=1S/C17H25NO2/c1-14(19)5-6-15-7-9-16(10-8-15)20-12-4-11-17(2,3)13-18/h7-10,14,19H,4-6,11-12H2,1-3H3. The van der Waals surface area contributed by atoms with Crippen molar-refractivity contribution in [3.63, 3.8) is 0 Å². The van der Waals surface area contributed by atoms with Crippen LogP contribution in [-0.4, -0.2) is 17.8 Å². The fraction of sp³-hybridized carbons (Fsp3) is 0.588. The quantitative estimate of drug-likeness (QED) is 0.736. The van der Waals surface area contributed by atoms with E-state index in [0.717, 1.165) is 31.4 Å². The topological polar surface area (TPSA) is 53.2 Å². The predicted octanol–water partition coefficient (Wildman–Crippen LogP) is 3.71. The summed E-state index contributed by atoms with van der Waals surface area (Å²) in [6.07, 6.45) is 3.13. The normalized spacial score (nSPS) is 12.8. The number of rotatable bonds is 8. The molecule has 0 aliphatic carbocycles. The van der Waals surface area contributed by atoms with Gasteiger partial charge >= 0.3 is 0 Å². The molecule has 1 aromatic rings. The lowest BCUT2D eigenvalue weighted by Gasteiger charge is -2.14. The average molecular weight is 275 g/mol. The Morgan fingerprint density at radius 2 is 1.95 bits per heavy atom. The van der Waals surface area contributed by atoms with Crippen molar-refractivity contribution in [1.29, 1.82) is 5.26 Å². The first kappa shape index (κ1) is 16.5. The minimum Gasteiger partial charge on any atom is -0.494 e. The van der Waals surface area contributed by atoms with E-state index in [2.05, 4.69) is 6.07 Å². The summed E-state index contributed by atoms with van der Waals surface area (Å²) in [6.45, 7) is 6.34. The summed E-state index contributed by atoms with van der Waals surface area (Å²) in [5.41, 5.74) is 0.942. The van der Waals surface area contributed by atoms with Crippen LogP contribution in [0.15, 0.2) is 24.3 Å². The third-order valence-corrected chi connectivity index (χ3v) is 3.29. The van der Waals surface area contributed by atoms with Gasteiger partial charge in [0, 0.05) is 0 Å². The van der Waals surface area contributed by atoms with E-state index in [1.54, 1.807) is 6.92 Å². The van der Waals surface area contributed by atoms with Gasteiger partial charge in [0.15, 0.2) is 0 Å². The molecule has 1 unspecified atom stereocenters. The van der Waals surface area contributed by atoms with Gasteiger partial charge in [-0.2, -0.15) is 5.26 Å². The second-order valence-electron chi connectivity index (χ2n) is 5.98. The highest BCUT2D eigenvalue weighted by Crippen LogP contribution is 2.21. The lowest BCUT2D eigenvalue weighted by atomic mass is 9.90. The predicted molar refractivity (Wildman–Crippen MR) is 80.6 cm³/mol. The molecular weight excluding hydrogens is 250 g/mol. The Bertz CT molecular complexity index is 429. The van der Waals surface area contributed by atoms with E-state index in [1.807, 2.05) is 38.1 Å². The van der Waals surface area contributed by atoms with E-state index in [9.17, 15) is 5.11 Å². The molecule has 110 valence electrons. The van der Waals surface area contributed by atoms with E-state index < -0.39 is 0 Å². The van der Waals surface area contributed by atoms with Crippen LogP contribution in [0.3, 0.4) is 0 Å². The fourth-order valence-electron chi connectivity index (χ4n) is 1.89. The van der Waals surface area contributed by atoms with Crippen LogP contribution in [0.4, 0.5) is 0 Å². The number of nitriles is 1. The highest BCUT2D eigenvalue weighted by atomic mass is 16.5. The molecule has 1 aromatic carbocycles. The lowest BCUT2D eigenvalue weighted by Crippen LogP contribution is -2.10. The molecule has 20 heavy (non-hydrogen) atoms. The van der Waals surface area contributed by atoms with Crippen molar-refractivity contribution in [2.75, 3.05) is 6.61 Å². The van der Waals surface area contributed by atoms with Crippen LogP contribution in [0, 0.1) is 16.7 Å². The summed E-state index contributed by atoms with van der Waals surface area (Å²) in [4.78, 5) is 0. The molecule has 0 saturated heterocycles. The van der Waals surface area contributed by atoms with Gasteiger partial charge < -0.3 is 9.84 Å². The third-order valence-electron chi connectivity index (χ3n) is 3.29. The zero-order valence-electron chi connectivity index (χ0n) is 12.7. The fourth-order valence-corrected chi connectivity index (χ4v) is 1.89. The van der Waals surface area contributed by atoms with Crippen molar-refractivity contribution in [1.82, 2.24) is 0 Å². The molecule has 0 radical (unpaired) electrons. The van der Waals surface area contributed by atoms with Crippen molar-refractivity contribution in [2.45, 2.75) is 52.6 Å². The summed E-state index contributed by atoms with van der Waals surface area (Å²) < 4.78 is 5.67. The monoisotopic (exact) mass is 275 g/mol. The Kier molecular flexibility index (Phi) is 6.54. The van der Waals surface area contributed by atoms with E-state index in [1.165, 1.54) is 5.56 Å². The molecule has 1 atom stereocenters. The summed E-state index contributed by atoms with van der Waals surface area (Å²) in [5, 5.41) is 18.2. The number of aliphatic hydroxyl groups is 1. The lowest BCUT2D eigenvalue weighted by molar-refractivity contribution is 0.185. The summed E-state index contributed by atoms with van der Waals surface area (Å²) in [6, 6.07) is 10.3. The molecule has 3 heteroatoms. The van der Waals surface area contributed by atoms with Crippen molar-refractivity contribution in [3.8, 4) is 11.8 Å². The van der Waals surface area contributed by atoms with Crippen LogP contribution in [-0.2, 0) is 6.42 Å². The third kappa shape index (κ3) is 6.58. The van der Waals surface area contributed by atoms with Crippen molar-refractivity contribution < 1.29 is 9.84 Å². The Balaban J connectivity index is 2.30. The molecule has 0 saturated carbocycles. The first-order chi connectivity index (χ1) is 9.43. The summed E-state index contributed by atoms with van der Waals surface area (Å²) in [7, 11) is 0. The Hall–Kier alpha value is -1.53. The van der Waals surface area contributed by atoms with Gasteiger partial charge in [-0.25, -0.2) is 0 Å². The van der Waals surface area contributed by atoms with Gasteiger partial charge in [0.2, 0.25) is 0 Å². The highest BCUT2D eigenvalue weighted by Gasteiger charge is 2.15. The number of ether oxygens (including phenoxy) is 1. The van der Waals surface area contributed by atoms with Crippen LogP contribution in [0.25, 0.3) is 0 Å². The Morgan fingerprint density at radius 1 is 1.30 bits per heavy atom. The molecule has 1 N–H and O–H groups in total. The van der Waals surface area contributed by atoms with Gasteiger partial charge in [-0.05, 0) is 64.2 Å². The molecule has 0 aliphatic heterocycles. The second-order valence-corrected chi connectivity index (χ2v) is 5.98. The molecule has 0 heterocycles. The number of benzene rings is 1. The van der Waals surface area contributed by atoms with Crippen molar-refractivity contribution in [2.24, 2.45) is 5.41 Å². The second kappa shape index (κ2) is 7.91. The zero-order valence-corrected chi connectivity index (χ0v) is 12.7. The number of aliphatic hydroxyl groups excluding tert-OH is 1. The maximum absolute atomic E-state index is 9.25. The summed E-state index contributed by atoms with van der Waals surface area (Å²) >= 11 is 0. The van der Waals surface area contributed by atoms with Gasteiger partial charge in [-0.3, -0.25) is 0 Å². The molecular formula is C17H25NO2. The molecule has 0 amide bonds. The SMILES string of the molecule is CC(O)CCc1ccc(OCCCC(C)(C)C#N)cc1. The molecule has 0 aliphatic rings. The van der Waals surface area contributed by atoms with Crippen molar-refractivity contribution >= 4 is 0 Å². The Labute approximate surface area is 122 Å². The van der Waals surface area contributed by atoms with Crippen molar-refractivity contribution in [3.05, 3.63) is 29.8 Å². The van der Waals surface area contributed by atoms with Gasteiger partial charge in [-0.1, -0.05) is 12.1 Å². The van der Waals surface area contributed by atoms with E-state index in [4.69, 9.17) is 10.00 Å². The summed E-state index contributed by atoms with van der Waals surface area (Å²) in [5.74, 6) is 0.862. The average Bonchev–Trinajstić information content (AvgIpc) is 2.42. The van der Waals surface area contributed by atoms with Gasteiger partial charge in [0.25, 0.3) is 0 Å². The number of hydrogen-bond donors (Lipinski definition) is 1. The molecule has 1 rings (SSSR count). The molecule has 0 aromatic heterocycles. The van der Waals surface area contributed by atoms with Gasteiger partial charge in [0.05, 0.1) is 24.2 Å². The van der Waals surface area contributed by atoms with Crippen LogP contribution >= 0.6 is 0 Å². The van der Waals surface area contributed by atoms with Crippen LogP contribution < -0.4 is 4.74 Å². The number of nitrogens with zero attached hydrogens (tertiary/aromatic N) is 1. The molecule has 3 nitrogen and oxygen atoms in total. The van der Waals surface area contributed by atoms with Gasteiger partial charge in [0.1, 0.15) is 5.75 Å². The van der Waals surface area contributed by atoms with E-state index in [0.29, 0.717) is 6.61 Å². The van der Waals surface area contributed by atoms with E-state index >= 15 is 0 Å². The molecule has 0 fully saturated rings. The number of hydrogen-bond acceptors (Lipinski definition) is 3. The van der Waals surface area contributed by atoms with E-state index in [-0.39, 0.29) is 11.5 Å². The van der Waals surface area contributed by atoms with Gasteiger partial charge in [-0.15, -0.1) is 0 Å². The zero-order chi connectivity index (χ0) is 15.0. The largest absolute Gasteiger partial charge is 0.494 e. The minimum absolute atomic E-state index is 0.255. The highest BCUT2D eigenvalue weighted by molar-refractivity contribution is 5.27. The first-order valence-corrected chi connectivity index (χ1v) is 7.24. The Morgan fingerprint density at radius 3 is 2.50 bits per heavy atom. The van der Waals surface area contributed by atoms with Crippen LogP contribution in [0.1, 0.15) is 45.6 Å². The van der Waals surface area contributed by atoms with Crippen LogP contribution in [0.5, 0.6) is 5.75 Å². The maximum Gasteiger partial charge on any atom is 0.119 e. The maximum atomic E-state index is 9.25. The first-order valence-electron chi connectivity index (χ1n) is 7.24. The molecule has 0 spiro atoms.